The number of anilines is 1. The van der Waals surface area contributed by atoms with Crippen molar-refractivity contribution >= 4 is 82.3 Å². The first kappa shape index (κ1) is 24.3. The molecule has 18 radical (unpaired) electrons. The topological polar surface area (TPSA) is 82.2 Å². The summed E-state index contributed by atoms with van der Waals surface area (Å²) < 4.78 is 19.6. The number of ether oxygens (including phenoxy) is 1. The molecule has 1 aromatic carbocycles. The summed E-state index contributed by atoms with van der Waals surface area (Å²) in [7, 11) is 51.4. The number of halogens is 1. The van der Waals surface area contributed by atoms with Crippen LogP contribution in [0.25, 0.3) is 0 Å². The van der Waals surface area contributed by atoms with E-state index >= 15 is 0 Å². The minimum atomic E-state index is -2.56. The molecule has 6 nitrogen and oxygen atoms in total. The summed E-state index contributed by atoms with van der Waals surface area (Å²) in [6, 6.07) is 3.92. The van der Waals surface area contributed by atoms with Gasteiger partial charge in [-0.15, -0.1) is 20.4 Å². The van der Waals surface area contributed by atoms with E-state index in [1.807, 2.05) is 0 Å². The SMILES string of the molecule is [B]C([B])([B])C(NC(=O)n1ccc(Oc2ccc(N)c(F)c2)n1)(C([B])([B])[B])C([B])([B])[B]. The molecule has 0 bridgehead atoms. The van der Waals surface area contributed by atoms with Gasteiger partial charge in [-0.3, -0.25) is 0 Å². The monoisotopic (exact) mass is 382 g/mol. The van der Waals surface area contributed by atoms with Gasteiger partial charge in [-0.05, 0) is 17.7 Å². The van der Waals surface area contributed by atoms with Crippen LogP contribution in [0.4, 0.5) is 14.9 Å². The summed E-state index contributed by atoms with van der Waals surface area (Å²) >= 11 is 0. The number of rotatable bonds is 6. The molecule has 0 aliphatic heterocycles. The van der Waals surface area contributed by atoms with Crippen molar-refractivity contribution in [3.63, 3.8) is 0 Å². The van der Waals surface area contributed by atoms with Crippen molar-refractivity contribution in [2.45, 2.75) is 20.9 Å². The fourth-order valence-corrected chi connectivity index (χ4v) is 2.83. The number of carbonyl (C=O) groups is 1. The Hall–Kier alpha value is -1.99. The molecule has 130 valence electrons. The van der Waals surface area contributed by atoms with Gasteiger partial charge < -0.3 is 15.8 Å². The normalized spacial score (nSPS) is 13.0. The summed E-state index contributed by atoms with van der Waals surface area (Å²) in [4.78, 5) is 12.7. The maximum absolute atomic E-state index is 13.5. The third-order valence-electron chi connectivity index (χ3n) is 4.21. The van der Waals surface area contributed by atoms with Crippen LogP contribution in [0.1, 0.15) is 0 Å². The standard InChI is InChI=1S/C14H8B9FN4O2/c15-12(16,17)11(13(18,19)20,14(21,22)23)26-10(29)28-4-3-9(27-28)30-6-1-2-8(25)7(24)5-6/h1-5H,25H2,(H,26,29). The van der Waals surface area contributed by atoms with Crippen LogP contribution in [0, 0.1) is 5.82 Å². The molecule has 0 fully saturated rings. The van der Waals surface area contributed by atoms with Gasteiger partial charge in [0.1, 0.15) is 11.6 Å². The molecule has 1 heterocycles. The lowest BCUT2D eigenvalue weighted by Gasteiger charge is -2.65. The van der Waals surface area contributed by atoms with Crippen molar-refractivity contribution in [3.8, 4) is 11.6 Å². The van der Waals surface area contributed by atoms with E-state index in [0.717, 1.165) is 12.3 Å². The number of amides is 1. The van der Waals surface area contributed by atoms with Gasteiger partial charge >= 0.3 is 6.03 Å². The summed E-state index contributed by atoms with van der Waals surface area (Å²) in [6.07, 6.45) is 1.16. The number of aromatic nitrogens is 2. The summed E-state index contributed by atoms with van der Waals surface area (Å²) in [5.41, 5.74) is 2.77. The fourth-order valence-electron chi connectivity index (χ4n) is 2.83. The predicted octanol–water partition coefficient (Wildman–Crippen LogP) is -1.57. The van der Waals surface area contributed by atoms with Crippen LogP contribution >= 0.6 is 0 Å². The van der Waals surface area contributed by atoms with Crippen LogP contribution in [-0.2, 0) is 0 Å². The first-order chi connectivity index (χ1) is 13.5. The van der Waals surface area contributed by atoms with Crippen molar-refractivity contribution in [3.05, 3.63) is 36.3 Å². The summed E-state index contributed by atoms with van der Waals surface area (Å²) in [5, 5.41) is -1.46. The Morgan fingerprint density at radius 2 is 1.53 bits per heavy atom. The third-order valence-corrected chi connectivity index (χ3v) is 4.21. The van der Waals surface area contributed by atoms with Crippen molar-refractivity contribution in [2.75, 3.05) is 5.73 Å². The second kappa shape index (κ2) is 7.93. The molecule has 0 saturated carbocycles. The second-order valence-electron chi connectivity index (χ2n) is 6.86. The Kier molecular flexibility index (Phi) is 6.42. The molecule has 0 aliphatic carbocycles. The van der Waals surface area contributed by atoms with E-state index in [9.17, 15) is 9.18 Å². The third kappa shape index (κ3) is 4.52. The first-order valence-electron chi connectivity index (χ1n) is 8.20. The fraction of sp³-hybridized carbons (Fsp3) is 0.286. The number of hydrogen-bond acceptors (Lipinski definition) is 4. The van der Waals surface area contributed by atoms with Gasteiger partial charge in [0.25, 0.3) is 0 Å². The van der Waals surface area contributed by atoms with E-state index in [4.69, 9.17) is 81.1 Å². The maximum Gasteiger partial charge on any atom is 0.342 e. The number of nitrogens with one attached hydrogen (secondary N) is 1. The average Bonchev–Trinajstić information content (AvgIpc) is 3.01. The molecule has 16 heteroatoms. The van der Waals surface area contributed by atoms with Gasteiger partial charge in [0.05, 0.1) is 76.3 Å². The molecule has 0 unspecified atom stereocenters. The smallest absolute Gasteiger partial charge is 0.342 e. The van der Waals surface area contributed by atoms with E-state index in [0.29, 0.717) is 4.68 Å². The highest BCUT2D eigenvalue weighted by Crippen LogP contribution is 2.53. The number of nitrogens with two attached hydrogens (primary N) is 1. The molecule has 2 aromatic rings. The van der Waals surface area contributed by atoms with E-state index in [-0.39, 0.29) is 17.3 Å². The van der Waals surface area contributed by atoms with Gasteiger partial charge in [0, 0.05) is 18.3 Å². The lowest BCUT2D eigenvalue weighted by Crippen LogP contribution is -2.72. The summed E-state index contributed by atoms with van der Waals surface area (Å²) in [5.74, 6) is -0.727. The quantitative estimate of drug-likeness (QED) is 0.469. The van der Waals surface area contributed by atoms with E-state index in [1.54, 1.807) is 0 Å². The van der Waals surface area contributed by atoms with Crippen molar-refractivity contribution in [1.82, 2.24) is 15.1 Å². The Morgan fingerprint density at radius 3 is 2.00 bits per heavy atom. The molecular formula is C14H8B9FN4O2. The van der Waals surface area contributed by atoms with Crippen LogP contribution in [0.5, 0.6) is 11.6 Å². The highest BCUT2D eigenvalue weighted by atomic mass is 19.1. The van der Waals surface area contributed by atoms with Crippen LogP contribution in [0.2, 0.25) is 15.3 Å². The molecule has 3 N–H and O–H groups in total. The molecule has 0 atom stereocenters. The Bertz CT molecular complexity index is 901. The van der Waals surface area contributed by atoms with Gasteiger partial charge in [-0.1, -0.05) is 0 Å². The van der Waals surface area contributed by atoms with E-state index in [1.165, 1.54) is 18.2 Å². The number of carbonyl (C=O) groups excluding carboxylic acids is 1. The highest BCUT2D eigenvalue weighted by molar-refractivity contribution is 6.71. The van der Waals surface area contributed by atoms with Crippen molar-refractivity contribution < 1.29 is 13.9 Å². The Balaban J connectivity index is 2.34. The zero-order valence-electron chi connectivity index (χ0n) is 15.7. The number of nitrogens with zero attached hydrogens (tertiary/aromatic N) is 2. The molecule has 1 amide bonds. The largest absolute Gasteiger partial charge is 0.437 e. The predicted molar refractivity (Wildman–Crippen MR) is 120 cm³/mol. The number of hydrogen-bond donors (Lipinski definition) is 2. The van der Waals surface area contributed by atoms with Crippen LogP contribution in [0.15, 0.2) is 30.5 Å². The second-order valence-corrected chi connectivity index (χ2v) is 6.86. The highest BCUT2D eigenvalue weighted by Gasteiger charge is 2.54. The van der Waals surface area contributed by atoms with Gasteiger partial charge in [0.2, 0.25) is 5.88 Å². The molecule has 0 spiro atoms. The minimum absolute atomic E-state index is 0.0693. The van der Waals surface area contributed by atoms with Crippen LogP contribution < -0.4 is 15.8 Å². The van der Waals surface area contributed by atoms with E-state index < -0.39 is 32.7 Å². The lowest BCUT2D eigenvalue weighted by atomic mass is 9.12. The Morgan fingerprint density at radius 1 is 1.00 bits per heavy atom. The number of benzene rings is 1. The van der Waals surface area contributed by atoms with Crippen molar-refractivity contribution in [2.24, 2.45) is 0 Å². The minimum Gasteiger partial charge on any atom is -0.437 e. The zero-order chi connectivity index (χ0) is 23.1. The number of nitrogen functional groups attached to an aromatic ring is 1. The van der Waals surface area contributed by atoms with Crippen molar-refractivity contribution in [1.29, 1.82) is 0 Å². The lowest BCUT2D eigenvalue weighted by molar-refractivity contribution is 0.220. The van der Waals surface area contributed by atoms with Gasteiger partial charge in [-0.25, -0.2) is 9.18 Å². The summed E-state index contributed by atoms with van der Waals surface area (Å²) in [6.45, 7) is 0. The maximum atomic E-state index is 13.5. The molecule has 0 aliphatic rings. The molecular weight excluding hydrogens is 372 g/mol. The van der Waals surface area contributed by atoms with Crippen LogP contribution in [0.3, 0.4) is 0 Å². The van der Waals surface area contributed by atoms with Crippen LogP contribution in [-0.4, -0.2) is 92.0 Å². The Labute approximate surface area is 186 Å². The first-order valence-corrected chi connectivity index (χ1v) is 8.20. The molecule has 0 saturated heterocycles. The van der Waals surface area contributed by atoms with Gasteiger partial charge in [0.15, 0.2) is 0 Å². The zero-order valence-corrected chi connectivity index (χ0v) is 15.7. The average molecular weight is 381 g/mol. The molecule has 2 rings (SSSR count). The molecule has 30 heavy (non-hydrogen) atoms. The van der Waals surface area contributed by atoms with Gasteiger partial charge in [-0.2, -0.15) is 4.68 Å². The molecule has 1 aromatic heterocycles. The van der Waals surface area contributed by atoms with E-state index in [2.05, 4.69) is 10.4 Å².